The number of aromatic nitrogens is 4. The van der Waals surface area contributed by atoms with Gasteiger partial charge < -0.3 is 14.6 Å². The molecule has 2 unspecified atom stereocenters. The van der Waals surface area contributed by atoms with Gasteiger partial charge in [-0.3, -0.25) is 14.4 Å². The second kappa shape index (κ2) is 12.6. The summed E-state index contributed by atoms with van der Waals surface area (Å²) in [6, 6.07) is 13.2. The van der Waals surface area contributed by atoms with Gasteiger partial charge in [0.25, 0.3) is 0 Å². The number of nitrogens with zero attached hydrogens (tertiary/aromatic N) is 6. The Hall–Kier alpha value is -3.51. The minimum atomic E-state index is -0.724. The van der Waals surface area contributed by atoms with Crippen LogP contribution >= 0.6 is 0 Å². The van der Waals surface area contributed by atoms with E-state index in [0.717, 1.165) is 56.6 Å². The first kappa shape index (κ1) is 27.6. The summed E-state index contributed by atoms with van der Waals surface area (Å²) < 4.78 is 41.2. The third kappa shape index (κ3) is 6.38. The summed E-state index contributed by atoms with van der Waals surface area (Å²) in [4.78, 5) is 17.5. The van der Waals surface area contributed by atoms with Crippen molar-refractivity contribution in [1.82, 2.24) is 29.3 Å². The van der Waals surface area contributed by atoms with E-state index in [2.05, 4.69) is 24.8 Å². The lowest BCUT2D eigenvalue weighted by Gasteiger charge is -2.40. The quantitative estimate of drug-likeness (QED) is 0.327. The molecule has 41 heavy (non-hydrogen) atoms. The topological polar surface area (TPSA) is 88.8 Å². The van der Waals surface area contributed by atoms with Crippen molar-refractivity contribution in [3.63, 3.8) is 0 Å². The van der Waals surface area contributed by atoms with E-state index >= 15 is 0 Å². The van der Waals surface area contributed by atoms with Crippen molar-refractivity contribution in [2.45, 2.75) is 37.6 Å². The molecule has 9 nitrogen and oxygen atoms in total. The van der Waals surface area contributed by atoms with Crippen molar-refractivity contribution in [3.8, 4) is 6.01 Å². The molecule has 2 atom stereocenters. The first-order chi connectivity index (χ1) is 20.0. The molecule has 2 aromatic carbocycles. The molecule has 2 saturated heterocycles. The van der Waals surface area contributed by atoms with Crippen LogP contribution < -0.4 is 4.74 Å². The van der Waals surface area contributed by atoms with Gasteiger partial charge in [0.1, 0.15) is 42.4 Å². The Balaban J connectivity index is 1.08. The van der Waals surface area contributed by atoms with Crippen LogP contribution in [0.15, 0.2) is 61.1 Å². The van der Waals surface area contributed by atoms with Crippen LogP contribution in [0.5, 0.6) is 6.01 Å². The standard InChI is InChI=1S/C30H34F2N6O3/c31-23-8-4-21(5-9-23)28(22-6-10-24(32)11-7-22)37-14-12-36(13-15-37)18-25(39)19-41-30-35-26-17-33-20-34-29(26)38(30)27-3-1-2-16-40-27/h4-11,17,20,25,27-28,39H,1-3,12-16,18-19H2. The predicted molar refractivity (Wildman–Crippen MR) is 148 cm³/mol. The third-order valence-electron chi connectivity index (χ3n) is 7.78. The zero-order valence-electron chi connectivity index (χ0n) is 22.8. The van der Waals surface area contributed by atoms with Crippen LogP contribution in [-0.2, 0) is 4.74 Å². The highest BCUT2D eigenvalue weighted by atomic mass is 19.1. The monoisotopic (exact) mass is 564 g/mol. The minimum absolute atomic E-state index is 0.0808. The molecule has 2 aliphatic heterocycles. The van der Waals surface area contributed by atoms with Crippen LogP contribution in [-0.4, -0.2) is 86.5 Å². The molecule has 216 valence electrons. The van der Waals surface area contributed by atoms with Gasteiger partial charge in [0.2, 0.25) is 0 Å². The van der Waals surface area contributed by atoms with Gasteiger partial charge in [-0.15, -0.1) is 0 Å². The minimum Gasteiger partial charge on any atom is -0.462 e. The SMILES string of the molecule is OC(COc1nc2cncnc2n1C1CCCCO1)CN1CCN(C(c2ccc(F)cc2)c2ccc(F)cc2)CC1. The fourth-order valence-corrected chi connectivity index (χ4v) is 5.75. The number of hydrogen-bond donors (Lipinski definition) is 1. The van der Waals surface area contributed by atoms with E-state index in [0.29, 0.717) is 30.3 Å². The lowest BCUT2D eigenvalue weighted by molar-refractivity contribution is -0.0364. The van der Waals surface area contributed by atoms with Gasteiger partial charge in [-0.1, -0.05) is 24.3 Å². The van der Waals surface area contributed by atoms with Crippen molar-refractivity contribution in [1.29, 1.82) is 0 Å². The highest BCUT2D eigenvalue weighted by Gasteiger charge is 2.28. The number of halogens is 2. The Kier molecular flexibility index (Phi) is 8.47. The van der Waals surface area contributed by atoms with Crippen LogP contribution in [0.4, 0.5) is 8.78 Å². The summed E-state index contributed by atoms with van der Waals surface area (Å²) in [5.74, 6) is -0.579. The second-order valence-corrected chi connectivity index (χ2v) is 10.6. The smallest absolute Gasteiger partial charge is 0.300 e. The number of ether oxygens (including phenoxy) is 2. The molecule has 4 heterocycles. The maximum atomic E-state index is 13.6. The van der Waals surface area contributed by atoms with Crippen LogP contribution in [0.25, 0.3) is 11.2 Å². The number of aliphatic hydroxyl groups is 1. The fourth-order valence-electron chi connectivity index (χ4n) is 5.75. The van der Waals surface area contributed by atoms with Crippen LogP contribution in [0.1, 0.15) is 42.7 Å². The number of rotatable bonds is 9. The molecule has 2 fully saturated rings. The molecule has 4 aromatic rings. The van der Waals surface area contributed by atoms with Gasteiger partial charge in [0.05, 0.1) is 12.2 Å². The Bertz CT molecular complexity index is 1380. The first-order valence-corrected chi connectivity index (χ1v) is 14.1. The summed E-state index contributed by atoms with van der Waals surface area (Å²) in [7, 11) is 0. The normalized spacial score (nSPS) is 19.6. The number of fused-ring (bicyclic) bond motifs is 1. The van der Waals surface area contributed by atoms with Crippen molar-refractivity contribution in [2.24, 2.45) is 0 Å². The molecule has 0 radical (unpaired) electrons. The number of piperazine rings is 1. The summed E-state index contributed by atoms with van der Waals surface area (Å²) in [6.07, 6.45) is 5.11. The van der Waals surface area contributed by atoms with Crippen molar-refractivity contribution >= 4 is 11.2 Å². The lowest BCUT2D eigenvalue weighted by atomic mass is 9.96. The Morgan fingerprint density at radius 1 is 0.951 bits per heavy atom. The lowest BCUT2D eigenvalue weighted by Crippen LogP contribution is -2.50. The van der Waals surface area contributed by atoms with Gasteiger partial charge in [0, 0.05) is 39.3 Å². The van der Waals surface area contributed by atoms with Crippen LogP contribution in [0.3, 0.4) is 0 Å². The highest BCUT2D eigenvalue weighted by molar-refractivity contribution is 5.71. The number of aliphatic hydroxyl groups excluding tert-OH is 1. The predicted octanol–water partition coefficient (Wildman–Crippen LogP) is 3.95. The fraction of sp³-hybridized carbons (Fsp3) is 0.433. The van der Waals surface area contributed by atoms with Gasteiger partial charge in [-0.05, 0) is 54.7 Å². The van der Waals surface area contributed by atoms with Crippen LogP contribution in [0, 0.1) is 11.6 Å². The van der Waals surface area contributed by atoms with Crippen molar-refractivity contribution in [3.05, 3.63) is 83.8 Å². The van der Waals surface area contributed by atoms with E-state index in [-0.39, 0.29) is 30.5 Å². The van der Waals surface area contributed by atoms with Crippen molar-refractivity contribution in [2.75, 3.05) is 45.9 Å². The molecule has 6 rings (SSSR count). The molecular weight excluding hydrogens is 530 g/mol. The maximum absolute atomic E-state index is 13.6. The van der Waals surface area contributed by atoms with E-state index in [1.807, 2.05) is 4.57 Å². The zero-order valence-corrected chi connectivity index (χ0v) is 22.8. The van der Waals surface area contributed by atoms with Gasteiger partial charge >= 0.3 is 6.01 Å². The van der Waals surface area contributed by atoms with Gasteiger partial charge in [-0.2, -0.15) is 4.98 Å². The molecule has 0 amide bonds. The number of β-amino-alcohol motifs (C(OH)–C–C–N with tert-alkyl or cyclic N) is 1. The largest absolute Gasteiger partial charge is 0.462 e. The molecule has 11 heteroatoms. The second-order valence-electron chi connectivity index (χ2n) is 10.6. The molecule has 0 saturated carbocycles. The number of imidazole rings is 1. The summed E-state index contributed by atoms with van der Waals surface area (Å²) >= 11 is 0. The molecule has 1 N–H and O–H groups in total. The Morgan fingerprint density at radius 3 is 2.27 bits per heavy atom. The highest BCUT2D eigenvalue weighted by Crippen LogP contribution is 2.32. The molecule has 0 aliphatic carbocycles. The Labute approximate surface area is 237 Å². The Morgan fingerprint density at radius 2 is 1.63 bits per heavy atom. The maximum Gasteiger partial charge on any atom is 0.300 e. The van der Waals surface area contributed by atoms with Crippen molar-refractivity contribution < 1.29 is 23.4 Å². The van der Waals surface area contributed by atoms with Gasteiger partial charge in [-0.25, -0.2) is 18.7 Å². The molecule has 2 aliphatic rings. The third-order valence-corrected chi connectivity index (χ3v) is 7.78. The zero-order chi connectivity index (χ0) is 28.2. The molecule has 2 aromatic heterocycles. The molecule has 0 bridgehead atoms. The summed E-state index contributed by atoms with van der Waals surface area (Å²) in [5, 5.41) is 10.9. The average molecular weight is 565 g/mol. The summed E-state index contributed by atoms with van der Waals surface area (Å²) in [6.45, 7) is 4.15. The molecular formula is C30H34F2N6O3. The van der Waals surface area contributed by atoms with E-state index < -0.39 is 6.10 Å². The number of benzene rings is 2. The average Bonchev–Trinajstić information content (AvgIpc) is 3.38. The van der Waals surface area contributed by atoms with E-state index in [1.165, 1.54) is 30.6 Å². The summed E-state index contributed by atoms with van der Waals surface area (Å²) in [5.41, 5.74) is 3.19. The van der Waals surface area contributed by atoms with E-state index in [1.54, 1.807) is 30.5 Å². The molecule has 0 spiro atoms. The van der Waals surface area contributed by atoms with Crippen LogP contribution in [0.2, 0.25) is 0 Å². The first-order valence-electron chi connectivity index (χ1n) is 14.1. The van der Waals surface area contributed by atoms with E-state index in [9.17, 15) is 13.9 Å². The number of hydrogen-bond acceptors (Lipinski definition) is 8. The van der Waals surface area contributed by atoms with Gasteiger partial charge in [0.15, 0.2) is 5.65 Å². The van der Waals surface area contributed by atoms with E-state index in [4.69, 9.17) is 9.47 Å².